The number of nitrogens with zero attached hydrogens (tertiary/aromatic N) is 1. The van der Waals surface area contributed by atoms with Crippen LogP contribution in [-0.4, -0.2) is 44.4 Å². The highest BCUT2D eigenvalue weighted by molar-refractivity contribution is 5.81. The van der Waals surface area contributed by atoms with Gasteiger partial charge in [-0.2, -0.15) is 0 Å². The molecule has 5 nitrogen and oxygen atoms in total. The van der Waals surface area contributed by atoms with Gasteiger partial charge in [0, 0.05) is 19.3 Å². The topological polar surface area (TPSA) is 61.8 Å². The quantitative estimate of drug-likeness (QED) is 0.793. The van der Waals surface area contributed by atoms with Crippen LogP contribution < -0.4 is 15.0 Å². The molecule has 0 radical (unpaired) electrons. The highest BCUT2D eigenvalue weighted by Gasteiger charge is 2.50. The van der Waals surface area contributed by atoms with Crippen molar-refractivity contribution >= 4 is 11.7 Å². The maximum absolute atomic E-state index is 11.7. The van der Waals surface area contributed by atoms with Gasteiger partial charge in [-0.05, 0) is 50.1 Å². The minimum Gasteiger partial charge on any atom is -0.497 e. The number of hydrogen-bond acceptors (Lipinski definition) is 4. The van der Waals surface area contributed by atoms with Gasteiger partial charge in [0.05, 0.1) is 7.11 Å². The van der Waals surface area contributed by atoms with Crippen molar-refractivity contribution in [3.63, 3.8) is 0 Å². The van der Waals surface area contributed by atoms with Crippen LogP contribution in [0, 0.1) is 5.92 Å². The molecule has 2 rings (SSSR count). The molecule has 0 bridgehead atoms. The zero-order valence-corrected chi connectivity index (χ0v) is 12.2. The third-order valence-electron chi connectivity index (χ3n) is 4.10. The minimum atomic E-state index is -0.866. The van der Waals surface area contributed by atoms with Crippen LogP contribution in [-0.2, 0) is 4.79 Å². The Morgan fingerprint density at radius 1 is 1.45 bits per heavy atom. The Bertz CT molecular complexity index is 471. The number of carboxylic acids is 1. The number of anilines is 1. The Labute approximate surface area is 119 Å². The fourth-order valence-electron chi connectivity index (χ4n) is 2.64. The lowest BCUT2D eigenvalue weighted by Crippen LogP contribution is -2.59. The second-order valence-corrected chi connectivity index (χ2v) is 5.35. The molecule has 0 heterocycles. The Morgan fingerprint density at radius 3 is 2.45 bits per heavy atom. The first kappa shape index (κ1) is 14.7. The molecule has 2 N–H and O–H groups in total. The van der Waals surface area contributed by atoms with E-state index in [1.807, 2.05) is 36.2 Å². The van der Waals surface area contributed by atoms with Crippen molar-refractivity contribution in [2.45, 2.75) is 18.4 Å². The largest absolute Gasteiger partial charge is 0.497 e. The number of methoxy groups -OCH3 is 1. The van der Waals surface area contributed by atoms with Crippen LogP contribution in [0.4, 0.5) is 5.69 Å². The van der Waals surface area contributed by atoms with E-state index in [-0.39, 0.29) is 5.92 Å². The number of hydrogen-bond donors (Lipinski definition) is 2. The van der Waals surface area contributed by atoms with Crippen molar-refractivity contribution in [2.24, 2.45) is 5.92 Å². The van der Waals surface area contributed by atoms with E-state index in [4.69, 9.17) is 4.74 Å². The van der Waals surface area contributed by atoms with E-state index in [0.717, 1.165) is 24.3 Å². The van der Waals surface area contributed by atoms with E-state index in [1.165, 1.54) is 0 Å². The fourth-order valence-corrected chi connectivity index (χ4v) is 2.64. The second kappa shape index (κ2) is 5.71. The molecular formula is C15H22N2O3. The van der Waals surface area contributed by atoms with Gasteiger partial charge < -0.3 is 20.1 Å². The Morgan fingerprint density at radius 2 is 2.05 bits per heavy atom. The standard InChI is InChI=1S/C15H22N2O3/c1-16-15(14(18)19,11-4-5-11)10-17(2)12-6-8-13(20-3)9-7-12/h6-9,11,16H,4-5,10H2,1-3H3,(H,18,19). The molecule has 0 spiro atoms. The molecule has 1 aromatic rings. The summed E-state index contributed by atoms with van der Waals surface area (Å²) in [4.78, 5) is 13.7. The Hall–Kier alpha value is -1.75. The number of benzene rings is 1. The van der Waals surface area contributed by atoms with Crippen LogP contribution >= 0.6 is 0 Å². The average molecular weight is 278 g/mol. The van der Waals surface area contributed by atoms with Crippen molar-refractivity contribution < 1.29 is 14.6 Å². The van der Waals surface area contributed by atoms with E-state index < -0.39 is 11.5 Å². The molecule has 0 aromatic heterocycles. The zero-order valence-electron chi connectivity index (χ0n) is 12.2. The molecule has 1 fully saturated rings. The van der Waals surface area contributed by atoms with Crippen LogP contribution in [0.2, 0.25) is 0 Å². The smallest absolute Gasteiger partial charge is 0.326 e. The van der Waals surface area contributed by atoms with Gasteiger partial charge in [0.25, 0.3) is 0 Å². The summed E-state index contributed by atoms with van der Waals surface area (Å²) in [6, 6.07) is 7.64. The third kappa shape index (κ3) is 2.72. The number of rotatable bonds is 7. The van der Waals surface area contributed by atoms with E-state index in [9.17, 15) is 9.90 Å². The lowest BCUT2D eigenvalue weighted by Gasteiger charge is -2.34. The van der Waals surface area contributed by atoms with E-state index in [2.05, 4.69) is 5.32 Å². The average Bonchev–Trinajstić information content (AvgIpc) is 3.29. The first-order valence-corrected chi connectivity index (χ1v) is 6.81. The second-order valence-electron chi connectivity index (χ2n) is 5.35. The third-order valence-corrected chi connectivity index (χ3v) is 4.10. The predicted molar refractivity (Wildman–Crippen MR) is 78.4 cm³/mol. The van der Waals surface area contributed by atoms with Gasteiger partial charge in [-0.25, -0.2) is 0 Å². The number of aliphatic carboxylic acids is 1. The molecule has 1 aliphatic carbocycles. The van der Waals surface area contributed by atoms with Gasteiger partial charge in [0.15, 0.2) is 0 Å². The number of nitrogens with one attached hydrogen (secondary N) is 1. The zero-order chi connectivity index (χ0) is 14.8. The van der Waals surface area contributed by atoms with E-state index in [0.29, 0.717) is 6.54 Å². The number of carboxylic acid groups (broad SMARTS) is 1. The monoisotopic (exact) mass is 278 g/mol. The van der Waals surface area contributed by atoms with E-state index in [1.54, 1.807) is 14.2 Å². The molecule has 20 heavy (non-hydrogen) atoms. The van der Waals surface area contributed by atoms with Gasteiger partial charge in [-0.1, -0.05) is 0 Å². The van der Waals surface area contributed by atoms with Crippen LogP contribution in [0.1, 0.15) is 12.8 Å². The molecule has 1 atom stereocenters. The number of carbonyl (C=O) groups is 1. The predicted octanol–water partition coefficient (Wildman–Crippen LogP) is 1.58. The molecular weight excluding hydrogens is 256 g/mol. The maximum atomic E-state index is 11.7. The van der Waals surface area contributed by atoms with Crippen LogP contribution in [0.15, 0.2) is 24.3 Å². The van der Waals surface area contributed by atoms with Crippen LogP contribution in [0.25, 0.3) is 0 Å². The summed E-state index contributed by atoms with van der Waals surface area (Å²) >= 11 is 0. The number of ether oxygens (including phenoxy) is 1. The summed E-state index contributed by atoms with van der Waals surface area (Å²) in [5.74, 6) is 0.232. The van der Waals surface area contributed by atoms with Crippen molar-refractivity contribution in [3.05, 3.63) is 24.3 Å². The molecule has 1 saturated carbocycles. The Kier molecular flexibility index (Phi) is 4.18. The molecule has 0 saturated heterocycles. The summed E-state index contributed by atoms with van der Waals surface area (Å²) in [5.41, 5.74) is 0.113. The highest BCUT2D eigenvalue weighted by atomic mass is 16.5. The molecule has 5 heteroatoms. The summed E-state index contributed by atoms with van der Waals surface area (Å²) in [6.07, 6.45) is 1.95. The molecule has 0 aliphatic heterocycles. The van der Waals surface area contributed by atoms with Gasteiger partial charge in [0.2, 0.25) is 0 Å². The molecule has 1 aromatic carbocycles. The first-order chi connectivity index (χ1) is 9.53. The Balaban J connectivity index is 2.15. The van der Waals surface area contributed by atoms with Gasteiger partial charge in [0.1, 0.15) is 11.3 Å². The van der Waals surface area contributed by atoms with E-state index >= 15 is 0 Å². The molecule has 1 unspecified atom stereocenters. The van der Waals surface area contributed by atoms with Gasteiger partial charge in [-0.3, -0.25) is 4.79 Å². The summed E-state index contributed by atoms with van der Waals surface area (Å²) in [6.45, 7) is 0.440. The van der Waals surface area contributed by atoms with Crippen LogP contribution in [0.3, 0.4) is 0 Å². The summed E-state index contributed by atoms with van der Waals surface area (Å²) in [5, 5.41) is 12.6. The van der Waals surface area contributed by atoms with Crippen molar-refractivity contribution in [3.8, 4) is 5.75 Å². The summed E-state index contributed by atoms with van der Waals surface area (Å²) in [7, 11) is 5.27. The van der Waals surface area contributed by atoms with Crippen molar-refractivity contribution in [2.75, 3.05) is 32.6 Å². The normalized spacial score (nSPS) is 17.4. The summed E-state index contributed by atoms with van der Waals surface area (Å²) < 4.78 is 5.13. The number of likely N-dealkylation sites (N-methyl/N-ethyl adjacent to an activating group) is 2. The fraction of sp³-hybridized carbons (Fsp3) is 0.533. The maximum Gasteiger partial charge on any atom is 0.326 e. The molecule has 1 aliphatic rings. The van der Waals surface area contributed by atoms with Gasteiger partial charge in [-0.15, -0.1) is 0 Å². The lowest BCUT2D eigenvalue weighted by molar-refractivity contribution is -0.145. The molecule has 110 valence electrons. The molecule has 0 amide bonds. The van der Waals surface area contributed by atoms with Crippen molar-refractivity contribution in [1.82, 2.24) is 5.32 Å². The SMILES string of the molecule is CNC(CN(C)c1ccc(OC)cc1)(C(=O)O)C1CC1. The highest BCUT2D eigenvalue weighted by Crippen LogP contribution is 2.40. The van der Waals surface area contributed by atoms with Crippen LogP contribution in [0.5, 0.6) is 5.75 Å². The first-order valence-electron chi connectivity index (χ1n) is 6.81. The lowest BCUT2D eigenvalue weighted by atomic mass is 9.92. The van der Waals surface area contributed by atoms with Crippen molar-refractivity contribution in [1.29, 1.82) is 0 Å². The van der Waals surface area contributed by atoms with Gasteiger partial charge >= 0.3 is 5.97 Å². The minimum absolute atomic E-state index is 0.214.